The Morgan fingerprint density at radius 3 is 3.25 bits per heavy atom. The number of aromatic nitrogens is 1. The first-order valence-electron chi connectivity index (χ1n) is 5.86. The minimum Gasteiger partial charge on any atom is -0.495 e. The number of piperidine rings is 1. The van der Waals surface area contributed by atoms with E-state index < -0.39 is 0 Å². The van der Waals surface area contributed by atoms with Gasteiger partial charge in [-0.3, -0.25) is 4.98 Å². The number of ether oxygens (including phenoxy) is 1. The summed E-state index contributed by atoms with van der Waals surface area (Å²) in [6, 6.07) is 3.42. The van der Waals surface area contributed by atoms with Crippen LogP contribution in [-0.4, -0.2) is 37.3 Å². The smallest absolute Gasteiger partial charge is 0.139 e. The van der Waals surface area contributed by atoms with Crippen LogP contribution in [0.2, 0.25) is 0 Å². The summed E-state index contributed by atoms with van der Waals surface area (Å²) in [6.45, 7) is 2.24. The highest BCUT2D eigenvalue weighted by atomic mass is 16.5. The Morgan fingerprint density at radius 2 is 2.44 bits per heavy atom. The van der Waals surface area contributed by atoms with Gasteiger partial charge in [-0.2, -0.15) is 0 Å². The van der Waals surface area contributed by atoms with Gasteiger partial charge in [-0.1, -0.05) is 0 Å². The molecule has 4 nitrogen and oxygen atoms in total. The van der Waals surface area contributed by atoms with Gasteiger partial charge in [0.05, 0.1) is 25.2 Å². The van der Waals surface area contributed by atoms with Crippen LogP contribution in [-0.2, 0) is 0 Å². The zero-order chi connectivity index (χ0) is 11.0. The van der Waals surface area contributed by atoms with Crippen molar-refractivity contribution < 1.29 is 4.74 Å². The molecule has 2 aliphatic rings. The third kappa shape index (κ3) is 1.63. The maximum absolute atomic E-state index is 5.22. The van der Waals surface area contributed by atoms with E-state index in [4.69, 9.17) is 4.74 Å². The van der Waals surface area contributed by atoms with Crippen molar-refractivity contribution in [3.05, 3.63) is 18.5 Å². The van der Waals surface area contributed by atoms with Gasteiger partial charge in [0, 0.05) is 24.7 Å². The summed E-state index contributed by atoms with van der Waals surface area (Å²) in [5.74, 6) is 0.840. The SMILES string of the molecule is COc1cncc(N2C[C@@H]3C[C@H]2CCN3)c1. The molecular formula is C12H17N3O. The van der Waals surface area contributed by atoms with Crippen molar-refractivity contribution >= 4 is 5.69 Å². The van der Waals surface area contributed by atoms with Crippen molar-refractivity contribution in [2.45, 2.75) is 24.9 Å². The van der Waals surface area contributed by atoms with E-state index in [1.807, 2.05) is 6.20 Å². The van der Waals surface area contributed by atoms with E-state index in [1.165, 1.54) is 18.5 Å². The van der Waals surface area contributed by atoms with Gasteiger partial charge >= 0.3 is 0 Å². The normalized spacial score (nSPS) is 28.2. The van der Waals surface area contributed by atoms with E-state index in [9.17, 15) is 0 Å². The monoisotopic (exact) mass is 219 g/mol. The standard InChI is InChI=1S/C12H17N3O/c1-16-12-5-11(6-13-7-12)15-8-9-4-10(15)2-3-14-9/h5-7,9-10,14H,2-4,8H2,1H3/t9-,10+/m0/s1. The quantitative estimate of drug-likeness (QED) is 0.806. The average Bonchev–Trinajstić information content (AvgIpc) is 2.64. The van der Waals surface area contributed by atoms with Crippen molar-refractivity contribution in [1.29, 1.82) is 0 Å². The van der Waals surface area contributed by atoms with E-state index in [0.717, 1.165) is 18.8 Å². The lowest BCUT2D eigenvalue weighted by molar-refractivity contribution is 0.412. The minimum absolute atomic E-state index is 0.657. The Labute approximate surface area is 95.6 Å². The third-order valence-electron chi connectivity index (χ3n) is 3.59. The predicted molar refractivity (Wildman–Crippen MR) is 62.9 cm³/mol. The molecule has 1 aromatic rings. The molecule has 0 saturated carbocycles. The molecule has 2 aliphatic heterocycles. The van der Waals surface area contributed by atoms with Crippen LogP contribution in [0.25, 0.3) is 0 Å². The largest absolute Gasteiger partial charge is 0.495 e. The molecule has 2 fully saturated rings. The zero-order valence-electron chi connectivity index (χ0n) is 9.52. The van der Waals surface area contributed by atoms with Gasteiger partial charge in [-0.25, -0.2) is 0 Å². The van der Waals surface area contributed by atoms with Crippen molar-refractivity contribution in [3.8, 4) is 5.75 Å². The van der Waals surface area contributed by atoms with E-state index in [1.54, 1.807) is 13.3 Å². The molecule has 0 spiro atoms. The molecule has 1 N–H and O–H groups in total. The summed E-state index contributed by atoms with van der Waals surface area (Å²) in [7, 11) is 1.69. The summed E-state index contributed by atoms with van der Waals surface area (Å²) < 4.78 is 5.22. The Bertz CT molecular complexity index is 382. The Hall–Kier alpha value is -1.29. The number of methoxy groups -OCH3 is 1. The number of rotatable bonds is 2. The van der Waals surface area contributed by atoms with Crippen LogP contribution in [0, 0.1) is 0 Å². The fourth-order valence-electron chi connectivity index (χ4n) is 2.78. The van der Waals surface area contributed by atoms with Crippen molar-refractivity contribution in [2.24, 2.45) is 0 Å². The van der Waals surface area contributed by atoms with E-state index in [2.05, 4.69) is 21.3 Å². The van der Waals surface area contributed by atoms with Crippen molar-refractivity contribution in [1.82, 2.24) is 10.3 Å². The fraction of sp³-hybridized carbons (Fsp3) is 0.583. The van der Waals surface area contributed by atoms with Gasteiger partial charge in [0.1, 0.15) is 5.75 Å². The van der Waals surface area contributed by atoms with Crippen LogP contribution in [0.5, 0.6) is 5.75 Å². The van der Waals surface area contributed by atoms with Crippen molar-refractivity contribution in [3.63, 3.8) is 0 Å². The topological polar surface area (TPSA) is 37.4 Å². The molecule has 4 heteroatoms. The molecule has 0 amide bonds. The summed E-state index contributed by atoms with van der Waals surface area (Å²) in [4.78, 5) is 6.69. The lowest BCUT2D eigenvalue weighted by atomic mass is 10.1. The second kappa shape index (κ2) is 3.94. The molecule has 0 unspecified atom stereocenters. The number of nitrogens with zero attached hydrogens (tertiary/aromatic N) is 2. The minimum atomic E-state index is 0.657. The van der Waals surface area contributed by atoms with Gasteiger partial charge in [-0.15, -0.1) is 0 Å². The molecule has 0 radical (unpaired) electrons. The number of nitrogens with one attached hydrogen (secondary N) is 1. The number of pyridine rings is 1. The molecule has 0 aliphatic carbocycles. The number of hydrogen-bond acceptors (Lipinski definition) is 4. The summed E-state index contributed by atoms with van der Waals surface area (Å²) in [6.07, 6.45) is 6.18. The first kappa shape index (κ1) is 9.90. The fourth-order valence-corrected chi connectivity index (χ4v) is 2.78. The number of fused-ring (bicyclic) bond motifs is 2. The number of hydrogen-bond donors (Lipinski definition) is 1. The Morgan fingerprint density at radius 1 is 1.50 bits per heavy atom. The average molecular weight is 219 g/mol. The summed E-state index contributed by atoms with van der Waals surface area (Å²) in [5.41, 5.74) is 1.19. The molecule has 1 aromatic heterocycles. The van der Waals surface area contributed by atoms with Crippen LogP contribution < -0.4 is 15.0 Å². The second-order valence-electron chi connectivity index (χ2n) is 4.56. The second-order valence-corrected chi connectivity index (χ2v) is 4.56. The highest BCUT2D eigenvalue weighted by Gasteiger charge is 2.35. The van der Waals surface area contributed by atoms with Gasteiger partial charge < -0.3 is 15.0 Å². The van der Waals surface area contributed by atoms with E-state index >= 15 is 0 Å². The Balaban J connectivity index is 1.86. The van der Waals surface area contributed by atoms with Gasteiger partial charge in [0.25, 0.3) is 0 Å². The molecule has 2 atom stereocenters. The van der Waals surface area contributed by atoms with E-state index in [0.29, 0.717) is 12.1 Å². The maximum Gasteiger partial charge on any atom is 0.139 e. The first-order valence-corrected chi connectivity index (χ1v) is 5.86. The van der Waals surface area contributed by atoms with Gasteiger partial charge in [0.15, 0.2) is 0 Å². The van der Waals surface area contributed by atoms with Crippen molar-refractivity contribution in [2.75, 3.05) is 25.1 Å². The maximum atomic E-state index is 5.22. The van der Waals surface area contributed by atoms with Gasteiger partial charge in [-0.05, 0) is 19.4 Å². The Kier molecular flexibility index (Phi) is 2.44. The third-order valence-corrected chi connectivity index (χ3v) is 3.59. The van der Waals surface area contributed by atoms with Crippen LogP contribution in [0.15, 0.2) is 18.5 Å². The zero-order valence-corrected chi connectivity index (χ0v) is 9.52. The summed E-state index contributed by atoms with van der Waals surface area (Å²) in [5, 5.41) is 3.55. The van der Waals surface area contributed by atoms with Crippen LogP contribution in [0.1, 0.15) is 12.8 Å². The molecule has 3 rings (SSSR count). The molecule has 2 bridgehead atoms. The molecule has 86 valence electrons. The van der Waals surface area contributed by atoms with Crippen LogP contribution in [0.3, 0.4) is 0 Å². The molecule has 0 aromatic carbocycles. The summed E-state index contributed by atoms with van der Waals surface area (Å²) >= 11 is 0. The highest BCUT2D eigenvalue weighted by Crippen LogP contribution is 2.30. The van der Waals surface area contributed by atoms with Crippen LogP contribution in [0.4, 0.5) is 5.69 Å². The molecule has 16 heavy (non-hydrogen) atoms. The lowest BCUT2D eigenvalue weighted by Crippen LogP contribution is -2.35. The number of anilines is 1. The first-order chi connectivity index (χ1) is 7.86. The lowest BCUT2D eigenvalue weighted by Gasteiger charge is -2.26. The highest BCUT2D eigenvalue weighted by molar-refractivity contribution is 5.50. The predicted octanol–water partition coefficient (Wildman–Crippen LogP) is 1.03. The molecular weight excluding hydrogens is 202 g/mol. The molecule has 3 heterocycles. The van der Waals surface area contributed by atoms with E-state index in [-0.39, 0.29) is 0 Å². The van der Waals surface area contributed by atoms with Crippen LogP contribution >= 0.6 is 0 Å². The molecule has 2 saturated heterocycles. The van der Waals surface area contributed by atoms with Gasteiger partial charge in [0.2, 0.25) is 0 Å².